The molecule has 1 saturated heterocycles. The largest absolute Gasteiger partial charge is 0.465 e. The van der Waals surface area contributed by atoms with Crippen LogP contribution in [0.4, 0.5) is 0 Å². The van der Waals surface area contributed by atoms with Crippen molar-refractivity contribution in [1.29, 1.82) is 5.41 Å². The summed E-state index contributed by atoms with van der Waals surface area (Å²) >= 11 is 19.9. The second-order valence-electron chi connectivity index (χ2n) is 14.5. The van der Waals surface area contributed by atoms with Gasteiger partial charge in [-0.2, -0.15) is 0 Å². The number of H-pyrrole nitrogens is 1. The average Bonchev–Trinajstić information content (AvgIpc) is 3.25. The molecule has 5 aromatic rings. The van der Waals surface area contributed by atoms with Crippen LogP contribution in [-0.4, -0.2) is 85.5 Å². The fraction of sp³-hybridized carbons (Fsp3) is 0.341. The van der Waals surface area contributed by atoms with Crippen LogP contribution in [0.25, 0.3) is 0 Å². The second kappa shape index (κ2) is 27.0. The molecule has 4 N–H and O–H groups in total. The number of nitrogens with one attached hydrogen (secondary N) is 2. The molecule has 8 rings (SSSR count). The number of piperidine rings is 1. The number of aromatic nitrogens is 4. The molecule has 1 atom stereocenters. The molecule has 0 bridgehead atoms. The first-order valence-corrected chi connectivity index (χ1v) is 25.0. The lowest BCUT2D eigenvalue weighted by molar-refractivity contribution is -0.153. The Bertz CT molecular complexity index is 2280. The van der Waals surface area contributed by atoms with E-state index < -0.39 is 11.1 Å². The Hall–Kier alpha value is -4.50. The molecule has 14 nitrogen and oxygen atoms in total. The van der Waals surface area contributed by atoms with Gasteiger partial charge in [-0.15, -0.1) is 0 Å². The van der Waals surface area contributed by atoms with Gasteiger partial charge >= 0.3 is 11.2 Å². The number of ketones is 1. The lowest BCUT2D eigenvalue weighted by Gasteiger charge is -2.29. The van der Waals surface area contributed by atoms with Crippen molar-refractivity contribution in [3.05, 3.63) is 158 Å². The van der Waals surface area contributed by atoms with Crippen LogP contribution in [0.1, 0.15) is 52.5 Å². The topological polar surface area (TPSA) is 192 Å². The molecule has 0 spiro atoms. The number of carbonyl (C=O) groups excluding carboxylic acids is 2. The Labute approximate surface area is 387 Å². The number of halogens is 4. The first-order valence-electron chi connectivity index (χ1n) is 20.2. The molecule has 19 heteroatoms. The van der Waals surface area contributed by atoms with E-state index in [1.807, 2.05) is 42.5 Å². The molecule has 1 unspecified atom stereocenters. The average molecular weight is 960 g/mol. The molecule has 3 aromatic carbocycles. The van der Waals surface area contributed by atoms with Gasteiger partial charge in [-0.3, -0.25) is 39.1 Å². The maximum Gasteiger partial charge on any atom is 0.339 e. The normalized spacial score (nSPS) is 16.0. The van der Waals surface area contributed by atoms with Gasteiger partial charge in [0.2, 0.25) is 0 Å². The molecular weight excluding hydrogens is 907 g/mol. The monoisotopic (exact) mass is 957 g/mol. The van der Waals surface area contributed by atoms with Gasteiger partial charge in [0.25, 0.3) is 5.56 Å². The Balaban J connectivity index is 0.000000191. The minimum Gasteiger partial charge on any atom is -0.465 e. The summed E-state index contributed by atoms with van der Waals surface area (Å²) in [6, 6.07) is 30.9. The van der Waals surface area contributed by atoms with Crippen molar-refractivity contribution >= 4 is 68.6 Å². The number of esters is 1. The molecule has 63 heavy (non-hydrogen) atoms. The quantitative estimate of drug-likeness (QED) is 0.0340. The summed E-state index contributed by atoms with van der Waals surface area (Å²) in [5, 5.41) is 3.25. The van der Waals surface area contributed by atoms with Crippen LogP contribution in [0.3, 0.4) is 0 Å². The molecule has 0 saturated carbocycles. The van der Waals surface area contributed by atoms with E-state index in [9.17, 15) is 18.9 Å². The Morgan fingerprint density at radius 2 is 1.22 bits per heavy atom. The Morgan fingerprint density at radius 3 is 1.68 bits per heavy atom. The van der Waals surface area contributed by atoms with E-state index in [-0.39, 0.29) is 17.3 Å². The first-order chi connectivity index (χ1) is 30.3. The van der Waals surface area contributed by atoms with Crippen molar-refractivity contribution in [2.24, 2.45) is 11.7 Å². The van der Waals surface area contributed by atoms with E-state index in [4.69, 9.17) is 21.7 Å². The lowest BCUT2D eigenvalue weighted by atomic mass is 9.95. The van der Waals surface area contributed by atoms with Crippen LogP contribution in [-0.2, 0) is 64.5 Å². The van der Waals surface area contributed by atoms with Gasteiger partial charge in [0, 0.05) is 63.5 Å². The molecule has 1 fully saturated rings. The Morgan fingerprint density at radius 1 is 0.778 bits per heavy atom. The number of hydrogen-bond acceptors (Lipinski definition) is 12. The van der Waals surface area contributed by atoms with Crippen LogP contribution < -0.4 is 11.3 Å². The van der Waals surface area contributed by atoms with Gasteiger partial charge in [0.15, 0.2) is 5.78 Å². The van der Waals surface area contributed by atoms with Crippen molar-refractivity contribution in [3.63, 3.8) is 0 Å². The van der Waals surface area contributed by atoms with Crippen molar-refractivity contribution in [2.75, 3.05) is 32.8 Å². The highest BCUT2D eigenvalue weighted by Gasteiger charge is 2.33. The number of nitrogens with zero attached hydrogens (tertiary/aromatic N) is 6. The van der Waals surface area contributed by atoms with Crippen LogP contribution in [0.15, 0.2) is 108 Å². The third-order valence-electron chi connectivity index (χ3n) is 9.94. The maximum absolute atomic E-state index is 12.0. The van der Waals surface area contributed by atoms with E-state index in [0.717, 1.165) is 94.1 Å². The minimum atomic E-state index is -3.22. The lowest BCUT2D eigenvalue weighted by Crippen LogP contribution is -2.43. The summed E-state index contributed by atoms with van der Waals surface area (Å²) in [5.74, 6) is -0.959. The van der Waals surface area contributed by atoms with Gasteiger partial charge in [-0.05, 0) is 76.6 Å². The smallest absolute Gasteiger partial charge is 0.339 e. The van der Waals surface area contributed by atoms with Gasteiger partial charge in [0.05, 0.1) is 37.2 Å². The third-order valence-corrected chi connectivity index (χ3v) is 10.3. The molecular formula is C44H52Cl4N9O5P. The van der Waals surface area contributed by atoms with Crippen molar-refractivity contribution in [2.45, 2.75) is 58.9 Å². The number of likely N-dealkylation sites (tertiary alicyclic amines) is 1. The fourth-order valence-electron chi connectivity index (χ4n) is 7.09. The zero-order valence-electron chi connectivity index (χ0n) is 34.9. The van der Waals surface area contributed by atoms with Gasteiger partial charge in [0.1, 0.15) is 17.4 Å². The molecule has 336 valence electrons. The highest BCUT2D eigenvalue weighted by molar-refractivity contribution is 8.24. The van der Waals surface area contributed by atoms with Gasteiger partial charge in [-0.1, -0.05) is 103 Å². The SMILES string of the molecule is CCOC(=O)C1CCN(Cc2ccccc2)CC1=O.Clc1ncnc2c1CCN(Cc1ccccc1)C2.N=CN.O=P(Cl)(Cl)Cl.O=c1[nH]cnc2c1CCN(Cc1ccccc1)C2. The van der Waals surface area contributed by atoms with Crippen LogP contribution in [0.2, 0.25) is 5.15 Å². The summed E-state index contributed by atoms with van der Waals surface area (Å²) < 4.78 is 14.4. The predicted octanol–water partition coefficient (Wildman–Crippen LogP) is 8.02. The maximum atomic E-state index is 12.0. The van der Waals surface area contributed by atoms with E-state index in [0.29, 0.717) is 24.7 Å². The Kier molecular flexibility index (Phi) is 21.9. The summed E-state index contributed by atoms with van der Waals surface area (Å²) in [5.41, 5.74) is 12.2. The molecule has 3 aliphatic rings. The summed E-state index contributed by atoms with van der Waals surface area (Å²) in [4.78, 5) is 57.3. The summed E-state index contributed by atoms with van der Waals surface area (Å²) in [6.45, 7) is 9.33. The molecule has 2 aromatic heterocycles. The minimum absolute atomic E-state index is 0.0133. The number of nitrogens with two attached hydrogens (primary N) is 1. The van der Waals surface area contributed by atoms with Crippen molar-refractivity contribution in [3.8, 4) is 0 Å². The third kappa shape index (κ3) is 18.6. The number of benzene rings is 3. The number of Topliss-reactive ketones (excluding diaryl/α,β-unsaturated/α-hetero) is 1. The number of carbonyl (C=O) groups is 2. The second-order valence-corrected chi connectivity index (χ2v) is 21.5. The number of ether oxygens (including phenoxy) is 1. The molecule has 0 radical (unpaired) electrons. The zero-order chi connectivity index (χ0) is 45.6. The van der Waals surface area contributed by atoms with Gasteiger partial charge < -0.3 is 15.5 Å². The van der Waals surface area contributed by atoms with Crippen molar-refractivity contribution < 1.29 is 18.9 Å². The first kappa shape index (κ1) is 51.1. The number of hydrogen-bond donors (Lipinski definition) is 3. The van der Waals surface area contributed by atoms with Crippen LogP contribution >= 0.6 is 50.5 Å². The molecule has 3 aliphatic heterocycles. The number of aromatic amines is 1. The molecule has 5 heterocycles. The highest BCUT2D eigenvalue weighted by Crippen LogP contribution is 2.61. The van der Waals surface area contributed by atoms with Crippen molar-refractivity contribution in [1.82, 2.24) is 34.6 Å². The summed E-state index contributed by atoms with van der Waals surface area (Å²) in [7, 11) is 0. The van der Waals surface area contributed by atoms with Crippen LogP contribution in [0.5, 0.6) is 0 Å². The zero-order valence-corrected chi connectivity index (χ0v) is 38.8. The van der Waals surface area contributed by atoms with Gasteiger partial charge in [-0.25, -0.2) is 15.0 Å². The molecule has 0 aliphatic carbocycles. The van der Waals surface area contributed by atoms with E-state index >= 15 is 0 Å². The summed E-state index contributed by atoms with van der Waals surface area (Å²) in [6.07, 6.45) is 6.07. The number of rotatable bonds is 8. The number of fused-ring (bicyclic) bond motifs is 2. The fourth-order valence-corrected chi connectivity index (χ4v) is 7.34. The van der Waals surface area contributed by atoms with E-state index in [1.54, 1.807) is 13.3 Å². The molecule has 0 amide bonds. The van der Waals surface area contributed by atoms with E-state index in [1.165, 1.54) is 23.0 Å². The standard InChI is InChI=1S/C15H19NO3.C14H14ClN3.C14H15N3O.CH4N2.Cl3OP/c1-2-19-15(18)13-8-9-16(11-14(13)17)10-12-6-4-3-5-7-12;15-14-12-6-7-18(9-13(12)16-10-17-14)8-11-4-2-1-3-5-11;18-14-12-6-7-17(9-13(12)15-10-16-14)8-11-4-2-1-3-5-11;2-1-3;1-5(2,3)4/h3-7,13H,2,8-11H2,1H3;1-5,10H,6-9H2;1-5,10H,6-9H2,(H,15,16,18);1H,(H3,2,3);. The predicted molar refractivity (Wildman–Crippen MR) is 250 cm³/mol. The van der Waals surface area contributed by atoms with E-state index in [2.05, 4.69) is 123 Å². The highest BCUT2D eigenvalue weighted by atomic mass is 36.0. The van der Waals surface area contributed by atoms with Crippen LogP contribution in [0, 0.1) is 11.3 Å².